The predicted molar refractivity (Wildman–Crippen MR) is 72.8 cm³/mol. The van der Waals surface area contributed by atoms with Gasteiger partial charge in [-0.25, -0.2) is 4.79 Å². The summed E-state index contributed by atoms with van der Waals surface area (Å²) in [6.07, 6.45) is 3.06. The third-order valence-corrected chi connectivity index (χ3v) is 4.33. The van der Waals surface area contributed by atoms with E-state index in [1.807, 2.05) is 35.2 Å². The number of piperidine rings is 1. The van der Waals surface area contributed by atoms with Crippen LogP contribution in [0.1, 0.15) is 24.8 Å². The van der Waals surface area contributed by atoms with Crippen LogP contribution in [0.3, 0.4) is 0 Å². The van der Waals surface area contributed by atoms with Crippen molar-refractivity contribution in [1.29, 1.82) is 0 Å². The molecule has 0 aromatic heterocycles. The first-order valence-corrected chi connectivity index (χ1v) is 6.99. The van der Waals surface area contributed by atoms with Crippen molar-refractivity contribution >= 4 is 6.09 Å². The molecule has 2 aliphatic heterocycles. The van der Waals surface area contributed by atoms with Crippen molar-refractivity contribution < 1.29 is 9.53 Å². The summed E-state index contributed by atoms with van der Waals surface area (Å²) >= 11 is 0. The number of nitrogens with one attached hydrogen (secondary N) is 1. The van der Waals surface area contributed by atoms with E-state index in [1.165, 1.54) is 0 Å². The van der Waals surface area contributed by atoms with E-state index in [9.17, 15) is 4.79 Å². The molecule has 0 unspecified atom stereocenters. The molecule has 102 valence electrons. The van der Waals surface area contributed by atoms with E-state index in [-0.39, 0.29) is 11.6 Å². The van der Waals surface area contributed by atoms with Gasteiger partial charge in [-0.15, -0.1) is 0 Å². The number of ether oxygens (including phenoxy) is 1. The van der Waals surface area contributed by atoms with E-state index in [4.69, 9.17) is 4.74 Å². The summed E-state index contributed by atoms with van der Waals surface area (Å²) in [4.78, 5) is 14.1. The standard InChI is InChI=1S/C15H20N2O2/c18-14(19-12-13-4-2-1-3-5-13)17-11-8-15(17)6-9-16-10-7-15/h1-5,16H,6-12H2. The third-order valence-electron chi connectivity index (χ3n) is 4.33. The van der Waals surface area contributed by atoms with Crippen LogP contribution in [0.2, 0.25) is 0 Å². The first kappa shape index (κ1) is 12.5. The van der Waals surface area contributed by atoms with Crippen molar-refractivity contribution in [1.82, 2.24) is 10.2 Å². The molecule has 4 heteroatoms. The third kappa shape index (κ3) is 2.45. The van der Waals surface area contributed by atoms with Crippen LogP contribution < -0.4 is 5.32 Å². The topological polar surface area (TPSA) is 41.6 Å². The van der Waals surface area contributed by atoms with E-state index in [0.717, 1.165) is 44.5 Å². The van der Waals surface area contributed by atoms with E-state index >= 15 is 0 Å². The molecular weight excluding hydrogens is 240 g/mol. The Morgan fingerprint density at radius 3 is 2.58 bits per heavy atom. The van der Waals surface area contributed by atoms with Crippen LogP contribution in [0.15, 0.2) is 30.3 Å². The molecule has 1 aromatic rings. The lowest BCUT2D eigenvalue weighted by Crippen LogP contribution is -2.65. The van der Waals surface area contributed by atoms with E-state index in [0.29, 0.717) is 6.61 Å². The lowest BCUT2D eigenvalue weighted by atomic mass is 9.77. The first-order chi connectivity index (χ1) is 9.30. The number of hydrogen-bond donors (Lipinski definition) is 1. The Hall–Kier alpha value is -1.55. The number of hydrogen-bond acceptors (Lipinski definition) is 3. The van der Waals surface area contributed by atoms with Gasteiger partial charge in [0.15, 0.2) is 0 Å². The number of amides is 1. The molecule has 0 atom stereocenters. The zero-order valence-electron chi connectivity index (χ0n) is 11.1. The Labute approximate surface area is 113 Å². The monoisotopic (exact) mass is 260 g/mol. The SMILES string of the molecule is O=C(OCc1ccccc1)N1CCC12CCNCC2. The minimum absolute atomic E-state index is 0.0824. The van der Waals surface area contributed by atoms with E-state index in [2.05, 4.69) is 5.32 Å². The number of benzene rings is 1. The number of carbonyl (C=O) groups is 1. The Morgan fingerprint density at radius 2 is 1.95 bits per heavy atom. The smallest absolute Gasteiger partial charge is 0.410 e. The predicted octanol–water partition coefficient (Wildman–Crippen LogP) is 2.15. The summed E-state index contributed by atoms with van der Waals surface area (Å²) < 4.78 is 5.43. The molecule has 0 saturated carbocycles. The lowest BCUT2D eigenvalue weighted by Gasteiger charge is -2.54. The highest BCUT2D eigenvalue weighted by atomic mass is 16.6. The van der Waals surface area contributed by atoms with E-state index in [1.54, 1.807) is 0 Å². The van der Waals surface area contributed by atoms with Crippen molar-refractivity contribution in [2.75, 3.05) is 19.6 Å². The summed E-state index contributed by atoms with van der Waals surface area (Å²) in [5.41, 5.74) is 1.12. The average molecular weight is 260 g/mol. The molecule has 0 aliphatic carbocycles. The van der Waals surface area contributed by atoms with Gasteiger partial charge in [-0.05, 0) is 37.9 Å². The minimum atomic E-state index is -0.156. The fraction of sp³-hybridized carbons (Fsp3) is 0.533. The molecule has 4 nitrogen and oxygen atoms in total. The first-order valence-electron chi connectivity index (χ1n) is 6.99. The second-order valence-corrected chi connectivity index (χ2v) is 5.42. The fourth-order valence-corrected chi connectivity index (χ4v) is 3.03. The highest BCUT2D eigenvalue weighted by molar-refractivity contribution is 5.70. The van der Waals surface area contributed by atoms with E-state index < -0.39 is 0 Å². The Kier molecular flexibility index (Phi) is 3.42. The van der Waals surface area contributed by atoms with Gasteiger partial charge in [-0.3, -0.25) is 0 Å². The summed E-state index contributed by atoms with van der Waals surface area (Å²) in [5, 5.41) is 3.35. The normalized spacial score (nSPS) is 20.9. The number of carbonyl (C=O) groups excluding carboxylic acids is 1. The largest absolute Gasteiger partial charge is 0.445 e. The number of rotatable bonds is 2. The molecule has 19 heavy (non-hydrogen) atoms. The van der Waals surface area contributed by atoms with Gasteiger partial charge in [-0.1, -0.05) is 30.3 Å². The van der Waals surface area contributed by atoms with Gasteiger partial charge >= 0.3 is 6.09 Å². The molecule has 1 aromatic carbocycles. The van der Waals surface area contributed by atoms with Gasteiger partial charge in [0.05, 0.1) is 5.54 Å². The van der Waals surface area contributed by atoms with Crippen LogP contribution in [0, 0.1) is 0 Å². The second-order valence-electron chi connectivity index (χ2n) is 5.42. The maximum Gasteiger partial charge on any atom is 0.410 e. The van der Waals surface area contributed by atoms with Crippen LogP contribution in [-0.2, 0) is 11.3 Å². The van der Waals surface area contributed by atoms with Crippen LogP contribution in [0.5, 0.6) is 0 Å². The van der Waals surface area contributed by atoms with Gasteiger partial charge in [0.25, 0.3) is 0 Å². The van der Waals surface area contributed by atoms with Crippen LogP contribution in [-0.4, -0.2) is 36.2 Å². The minimum Gasteiger partial charge on any atom is -0.445 e. The maximum atomic E-state index is 12.2. The van der Waals surface area contributed by atoms with Gasteiger partial charge in [0.1, 0.15) is 6.61 Å². The van der Waals surface area contributed by atoms with Crippen molar-refractivity contribution in [3.63, 3.8) is 0 Å². The van der Waals surface area contributed by atoms with Crippen molar-refractivity contribution in [2.24, 2.45) is 0 Å². The highest BCUT2D eigenvalue weighted by Crippen LogP contribution is 2.38. The molecule has 0 radical (unpaired) electrons. The van der Waals surface area contributed by atoms with Crippen LogP contribution in [0.4, 0.5) is 4.79 Å². The Balaban J connectivity index is 1.56. The maximum absolute atomic E-state index is 12.2. The number of nitrogens with zero attached hydrogens (tertiary/aromatic N) is 1. The van der Waals surface area contributed by atoms with Gasteiger partial charge in [0, 0.05) is 6.54 Å². The molecule has 2 saturated heterocycles. The molecule has 0 bridgehead atoms. The number of likely N-dealkylation sites (tertiary alicyclic amines) is 1. The van der Waals surface area contributed by atoms with Crippen LogP contribution in [0.25, 0.3) is 0 Å². The summed E-state index contributed by atoms with van der Waals surface area (Å²) in [6, 6.07) is 9.83. The quantitative estimate of drug-likeness (QED) is 0.886. The molecule has 2 fully saturated rings. The fourth-order valence-electron chi connectivity index (χ4n) is 3.03. The molecule has 1 amide bonds. The molecule has 2 aliphatic rings. The lowest BCUT2D eigenvalue weighted by molar-refractivity contribution is -0.0338. The van der Waals surface area contributed by atoms with Gasteiger partial charge in [0.2, 0.25) is 0 Å². The molecular formula is C15H20N2O2. The zero-order valence-corrected chi connectivity index (χ0v) is 11.1. The van der Waals surface area contributed by atoms with Crippen LogP contribution >= 0.6 is 0 Å². The summed E-state index contributed by atoms with van der Waals surface area (Å²) in [5.74, 6) is 0. The second kappa shape index (κ2) is 5.21. The van der Waals surface area contributed by atoms with Crippen molar-refractivity contribution in [3.8, 4) is 0 Å². The Bertz CT molecular complexity index is 441. The highest BCUT2D eigenvalue weighted by Gasteiger charge is 2.48. The summed E-state index contributed by atoms with van der Waals surface area (Å²) in [6.45, 7) is 3.21. The van der Waals surface area contributed by atoms with Crippen molar-refractivity contribution in [2.45, 2.75) is 31.4 Å². The zero-order chi connectivity index (χ0) is 13.1. The van der Waals surface area contributed by atoms with Gasteiger partial charge in [-0.2, -0.15) is 0 Å². The Morgan fingerprint density at radius 1 is 1.21 bits per heavy atom. The molecule has 1 spiro atoms. The summed E-state index contributed by atoms with van der Waals surface area (Å²) in [7, 11) is 0. The molecule has 3 rings (SSSR count). The molecule has 1 N–H and O–H groups in total. The van der Waals surface area contributed by atoms with Crippen molar-refractivity contribution in [3.05, 3.63) is 35.9 Å². The molecule has 2 heterocycles. The average Bonchev–Trinajstić information content (AvgIpc) is 2.46. The van der Waals surface area contributed by atoms with Gasteiger partial charge < -0.3 is 15.0 Å².